The fraction of sp³-hybridized carbons (Fsp3) is 0.409. The number of amides is 1. The zero-order valence-electron chi connectivity index (χ0n) is 16.5. The van der Waals surface area contributed by atoms with E-state index in [-0.39, 0.29) is 35.4 Å². The first-order chi connectivity index (χ1) is 14.4. The number of carbonyl (C=O) groups is 1. The van der Waals surface area contributed by atoms with Crippen molar-refractivity contribution in [1.29, 1.82) is 0 Å². The normalized spacial score (nSPS) is 23.2. The summed E-state index contributed by atoms with van der Waals surface area (Å²) in [6.45, 7) is 1.04. The second-order valence-corrected chi connectivity index (χ2v) is 9.93. The molecule has 4 rings (SSSR count). The van der Waals surface area contributed by atoms with Gasteiger partial charge in [-0.25, -0.2) is 12.8 Å². The number of hydrogen-bond acceptors (Lipinski definition) is 5. The number of nitrogens with zero attached hydrogens (tertiary/aromatic N) is 1. The number of benzene rings is 1. The molecule has 2 atom stereocenters. The molecule has 0 aliphatic carbocycles. The predicted molar refractivity (Wildman–Crippen MR) is 111 cm³/mol. The third kappa shape index (κ3) is 4.82. The quantitative estimate of drug-likeness (QED) is 0.654. The lowest BCUT2D eigenvalue weighted by molar-refractivity contribution is -0.129. The summed E-state index contributed by atoms with van der Waals surface area (Å²) in [7, 11) is -3.12. The van der Waals surface area contributed by atoms with Gasteiger partial charge in [0.1, 0.15) is 17.3 Å². The third-order valence-corrected chi connectivity index (χ3v) is 7.26. The van der Waals surface area contributed by atoms with Gasteiger partial charge in [-0.1, -0.05) is 12.1 Å². The minimum atomic E-state index is -3.12. The number of sulfone groups is 1. The van der Waals surface area contributed by atoms with Crippen LogP contribution in [0.2, 0.25) is 0 Å². The molecule has 2 unspecified atom stereocenters. The highest BCUT2D eigenvalue weighted by atomic mass is 32.2. The summed E-state index contributed by atoms with van der Waals surface area (Å²) in [5.41, 5.74) is 0.347. The van der Waals surface area contributed by atoms with Crippen molar-refractivity contribution in [3.8, 4) is 11.3 Å². The van der Waals surface area contributed by atoms with E-state index in [1.54, 1.807) is 35.2 Å². The fourth-order valence-electron chi connectivity index (χ4n) is 3.95. The van der Waals surface area contributed by atoms with Crippen LogP contribution in [0, 0.1) is 5.82 Å². The van der Waals surface area contributed by atoms with Gasteiger partial charge in [0.05, 0.1) is 23.2 Å². The molecule has 1 aromatic heterocycles. The van der Waals surface area contributed by atoms with Crippen molar-refractivity contribution < 1.29 is 26.8 Å². The van der Waals surface area contributed by atoms with E-state index in [0.29, 0.717) is 36.7 Å². The minimum absolute atomic E-state index is 0.0164. The van der Waals surface area contributed by atoms with Gasteiger partial charge in [0.2, 0.25) is 5.91 Å². The van der Waals surface area contributed by atoms with Crippen molar-refractivity contribution in [1.82, 2.24) is 4.90 Å². The van der Waals surface area contributed by atoms with Crippen LogP contribution in [-0.4, -0.2) is 56.0 Å². The smallest absolute Gasteiger partial charge is 0.247 e. The number of furan rings is 1. The van der Waals surface area contributed by atoms with Gasteiger partial charge in [-0.3, -0.25) is 4.79 Å². The molecule has 0 spiro atoms. The summed E-state index contributed by atoms with van der Waals surface area (Å²) in [5.74, 6) is 0.203. The Kier molecular flexibility index (Phi) is 6.06. The fourth-order valence-corrected chi connectivity index (χ4v) is 5.68. The van der Waals surface area contributed by atoms with Crippen LogP contribution in [0.5, 0.6) is 0 Å². The molecule has 2 aliphatic rings. The Balaban J connectivity index is 1.49. The summed E-state index contributed by atoms with van der Waals surface area (Å²) >= 11 is 0. The maximum absolute atomic E-state index is 13.9. The molecule has 160 valence electrons. The van der Waals surface area contributed by atoms with Crippen molar-refractivity contribution in [2.75, 3.05) is 24.7 Å². The molecule has 30 heavy (non-hydrogen) atoms. The van der Waals surface area contributed by atoms with Gasteiger partial charge in [-0.05, 0) is 49.6 Å². The molecule has 0 saturated carbocycles. The van der Waals surface area contributed by atoms with Crippen LogP contribution in [0.3, 0.4) is 0 Å². The van der Waals surface area contributed by atoms with Crippen molar-refractivity contribution in [2.24, 2.45) is 0 Å². The SMILES string of the molecule is O=C(/C=C/c1ccc(-c2ccccc2F)o1)N(CC1CCCO1)C1CCS(=O)(=O)C1. The average Bonchev–Trinajstić information content (AvgIpc) is 3.46. The van der Waals surface area contributed by atoms with Crippen LogP contribution < -0.4 is 0 Å². The average molecular weight is 434 g/mol. The summed E-state index contributed by atoms with van der Waals surface area (Å²) in [6.07, 6.45) is 5.07. The molecule has 2 saturated heterocycles. The number of rotatable bonds is 6. The Hall–Kier alpha value is -2.45. The summed E-state index contributed by atoms with van der Waals surface area (Å²) in [5, 5.41) is 0. The maximum Gasteiger partial charge on any atom is 0.247 e. The van der Waals surface area contributed by atoms with Crippen LogP contribution in [0.25, 0.3) is 17.4 Å². The van der Waals surface area contributed by atoms with Gasteiger partial charge < -0.3 is 14.1 Å². The summed E-state index contributed by atoms with van der Waals surface area (Å²) in [6, 6.07) is 9.27. The van der Waals surface area contributed by atoms with Crippen LogP contribution in [0.1, 0.15) is 25.0 Å². The van der Waals surface area contributed by atoms with Crippen molar-refractivity contribution in [2.45, 2.75) is 31.4 Å². The highest BCUT2D eigenvalue weighted by Gasteiger charge is 2.35. The van der Waals surface area contributed by atoms with Gasteiger partial charge in [-0.15, -0.1) is 0 Å². The molecule has 1 amide bonds. The molecule has 0 radical (unpaired) electrons. The molecule has 8 heteroatoms. The Morgan fingerprint density at radius 1 is 1.20 bits per heavy atom. The van der Waals surface area contributed by atoms with Gasteiger partial charge in [0.15, 0.2) is 9.84 Å². The molecule has 2 aromatic rings. The maximum atomic E-state index is 13.9. The first-order valence-corrected chi connectivity index (χ1v) is 11.9. The molecule has 1 aromatic carbocycles. The lowest BCUT2D eigenvalue weighted by Crippen LogP contribution is -2.44. The van der Waals surface area contributed by atoms with E-state index in [9.17, 15) is 17.6 Å². The highest BCUT2D eigenvalue weighted by Crippen LogP contribution is 2.26. The zero-order chi connectivity index (χ0) is 21.1. The summed E-state index contributed by atoms with van der Waals surface area (Å²) in [4.78, 5) is 14.5. The first kappa shape index (κ1) is 20.8. The van der Waals surface area contributed by atoms with Crippen molar-refractivity contribution in [3.63, 3.8) is 0 Å². The lowest BCUT2D eigenvalue weighted by atomic mass is 10.1. The van der Waals surface area contributed by atoms with Crippen molar-refractivity contribution >= 4 is 21.8 Å². The topological polar surface area (TPSA) is 76.8 Å². The number of halogens is 1. The molecule has 2 aliphatic heterocycles. The third-order valence-electron chi connectivity index (χ3n) is 5.51. The number of hydrogen-bond donors (Lipinski definition) is 0. The van der Waals surface area contributed by atoms with E-state index in [0.717, 1.165) is 12.8 Å². The van der Waals surface area contributed by atoms with E-state index in [1.807, 2.05) is 0 Å². The molecule has 0 N–H and O–H groups in total. The number of carbonyl (C=O) groups excluding carboxylic acids is 1. The second-order valence-electron chi connectivity index (χ2n) is 7.70. The van der Waals surface area contributed by atoms with Gasteiger partial charge in [-0.2, -0.15) is 0 Å². The molecule has 3 heterocycles. The molecular weight excluding hydrogens is 409 g/mol. The summed E-state index contributed by atoms with van der Waals surface area (Å²) < 4.78 is 49.1. The van der Waals surface area contributed by atoms with Crippen LogP contribution in [0.4, 0.5) is 4.39 Å². The Bertz CT molecular complexity index is 1040. The second kappa shape index (κ2) is 8.73. The van der Waals surface area contributed by atoms with E-state index in [2.05, 4.69) is 0 Å². The molecular formula is C22H24FNO5S. The lowest BCUT2D eigenvalue weighted by Gasteiger charge is -2.29. The van der Waals surface area contributed by atoms with Crippen LogP contribution in [0.15, 0.2) is 46.9 Å². The van der Waals surface area contributed by atoms with Gasteiger partial charge in [0.25, 0.3) is 0 Å². The standard InChI is InChI=1S/C22H24FNO5S/c23-20-6-2-1-5-19(20)21-9-7-17(29-21)8-10-22(25)24(14-18-4-3-12-28-18)16-11-13-30(26,27)15-16/h1-2,5-10,16,18H,3-4,11-15H2/b10-8+. The molecule has 2 fully saturated rings. The predicted octanol–water partition coefficient (Wildman–Crippen LogP) is 3.29. The van der Waals surface area contributed by atoms with E-state index < -0.39 is 9.84 Å². The Labute approximate surface area is 175 Å². The monoisotopic (exact) mass is 433 g/mol. The van der Waals surface area contributed by atoms with E-state index in [4.69, 9.17) is 9.15 Å². The zero-order valence-corrected chi connectivity index (χ0v) is 17.3. The number of ether oxygens (including phenoxy) is 1. The van der Waals surface area contributed by atoms with Crippen molar-refractivity contribution in [3.05, 3.63) is 54.1 Å². The Morgan fingerprint density at radius 2 is 2.03 bits per heavy atom. The van der Waals surface area contributed by atoms with Crippen LogP contribution in [-0.2, 0) is 19.4 Å². The molecule has 0 bridgehead atoms. The minimum Gasteiger partial charge on any atom is -0.457 e. The van der Waals surface area contributed by atoms with Crippen LogP contribution >= 0.6 is 0 Å². The van der Waals surface area contributed by atoms with E-state index >= 15 is 0 Å². The van der Waals surface area contributed by atoms with Gasteiger partial charge in [0, 0.05) is 25.3 Å². The molecule has 6 nitrogen and oxygen atoms in total. The highest BCUT2D eigenvalue weighted by molar-refractivity contribution is 7.91. The van der Waals surface area contributed by atoms with Gasteiger partial charge >= 0.3 is 0 Å². The van der Waals surface area contributed by atoms with E-state index in [1.165, 1.54) is 18.2 Å². The largest absolute Gasteiger partial charge is 0.457 e. The first-order valence-electron chi connectivity index (χ1n) is 10.1. The Morgan fingerprint density at radius 3 is 2.73 bits per heavy atom.